The Morgan fingerprint density at radius 3 is 2.42 bits per heavy atom. The van der Waals surface area contributed by atoms with Gasteiger partial charge in [-0.2, -0.15) is 4.57 Å². The van der Waals surface area contributed by atoms with E-state index in [1.165, 1.54) is 11.3 Å². The van der Waals surface area contributed by atoms with Crippen molar-refractivity contribution in [1.29, 1.82) is 0 Å². The second kappa shape index (κ2) is 5.24. The summed E-state index contributed by atoms with van der Waals surface area (Å²) in [6, 6.07) is 16.3. The summed E-state index contributed by atoms with van der Waals surface area (Å²) in [5.74, 6) is 1.18. The number of hydrogen-bond donors (Lipinski definition) is 0. The molecule has 3 aromatic rings. The van der Waals surface area contributed by atoms with Crippen LogP contribution in [-0.2, 0) is 7.05 Å². The smallest absolute Gasteiger partial charge is 0.259 e. The molecule has 0 saturated carbocycles. The second-order valence-electron chi connectivity index (χ2n) is 4.41. The van der Waals surface area contributed by atoms with Gasteiger partial charge in [0.05, 0.1) is 7.05 Å². The van der Waals surface area contributed by atoms with Crippen LogP contribution in [-0.4, -0.2) is 4.57 Å². The molecule has 0 bridgehead atoms. The Morgan fingerprint density at radius 1 is 1.05 bits per heavy atom. The van der Waals surface area contributed by atoms with Crippen LogP contribution < -0.4 is 17.0 Å². The van der Waals surface area contributed by atoms with E-state index in [1.807, 2.05) is 30.3 Å². The molecule has 2 aromatic carbocycles. The molecule has 4 heteroatoms. The number of imidazole rings is 1. The van der Waals surface area contributed by atoms with Crippen molar-refractivity contribution in [3.05, 3.63) is 59.4 Å². The highest BCUT2D eigenvalue weighted by atomic mass is 35.5. The number of rotatable bonds is 1. The van der Waals surface area contributed by atoms with E-state index in [1.54, 1.807) is 0 Å². The van der Waals surface area contributed by atoms with Gasteiger partial charge in [0.1, 0.15) is 5.69 Å². The summed E-state index contributed by atoms with van der Waals surface area (Å²) in [6.07, 6.45) is 0. The lowest BCUT2D eigenvalue weighted by molar-refractivity contribution is -0.652. The minimum Gasteiger partial charge on any atom is -1.00 e. The number of para-hydroxylation sites is 1. The van der Waals surface area contributed by atoms with Crippen LogP contribution in [0.1, 0.15) is 5.82 Å². The topological polar surface area (TPSA) is 8.81 Å². The lowest BCUT2D eigenvalue weighted by atomic mass is 10.3. The van der Waals surface area contributed by atoms with Crippen molar-refractivity contribution >= 4 is 22.6 Å². The Bertz CT molecular complexity index is 718. The van der Waals surface area contributed by atoms with E-state index in [-0.39, 0.29) is 12.4 Å². The van der Waals surface area contributed by atoms with Crippen molar-refractivity contribution in [1.82, 2.24) is 4.57 Å². The zero-order chi connectivity index (χ0) is 12.7. The van der Waals surface area contributed by atoms with E-state index in [0.29, 0.717) is 0 Å². The average Bonchev–Trinajstić information content (AvgIpc) is 2.63. The molecule has 98 valence electrons. The maximum absolute atomic E-state index is 6.12. The van der Waals surface area contributed by atoms with Crippen molar-refractivity contribution in [3.63, 3.8) is 0 Å². The molecule has 0 saturated heterocycles. The molecule has 0 N–H and O–H groups in total. The maximum atomic E-state index is 6.12. The first-order valence-electron chi connectivity index (χ1n) is 5.90. The molecule has 0 atom stereocenters. The van der Waals surface area contributed by atoms with E-state index in [0.717, 1.165) is 16.2 Å². The molecule has 0 fully saturated rings. The second-order valence-corrected chi connectivity index (χ2v) is 4.85. The summed E-state index contributed by atoms with van der Waals surface area (Å²) in [7, 11) is 2.07. The summed E-state index contributed by atoms with van der Waals surface area (Å²) in [6.45, 7) is 2.11. The van der Waals surface area contributed by atoms with Crippen LogP contribution in [0.15, 0.2) is 48.5 Å². The number of halogens is 2. The summed E-state index contributed by atoms with van der Waals surface area (Å²) in [5, 5.41) is 0.762. The molecule has 0 aliphatic carbocycles. The van der Waals surface area contributed by atoms with Crippen molar-refractivity contribution in [3.8, 4) is 5.69 Å². The van der Waals surface area contributed by atoms with Gasteiger partial charge in [0, 0.05) is 18.0 Å². The van der Waals surface area contributed by atoms with Crippen LogP contribution in [0.3, 0.4) is 0 Å². The third-order valence-corrected chi connectivity index (χ3v) is 3.60. The number of aryl methyl sites for hydroxylation is 1. The molecule has 1 aromatic heterocycles. The summed E-state index contributed by atoms with van der Waals surface area (Å²) in [4.78, 5) is 0. The Balaban J connectivity index is 0.00000133. The standard InChI is InChI=1S/C15H14ClN2.ClH/c1-11-17(2)14-9-8-12(16)10-15(14)18(11)13-6-4-3-5-7-13;/h3-10H,1-2H3;1H/q+1;/p-1. The fourth-order valence-electron chi connectivity index (χ4n) is 2.36. The Morgan fingerprint density at radius 2 is 1.74 bits per heavy atom. The van der Waals surface area contributed by atoms with Crippen LogP contribution in [0.2, 0.25) is 5.02 Å². The fraction of sp³-hybridized carbons (Fsp3) is 0.133. The predicted octanol–water partition coefficient (Wildman–Crippen LogP) is 0.421. The highest BCUT2D eigenvalue weighted by Gasteiger charge is 2.20. The molecule has 3 rings (SSSR count). The molecule has 0 aliphatic rings. The first kappa shape index (κ1) is 13.9. The molecular formula is C15H14Cl2N2. The Hall–Kier alpha value is -1.51. The normalized spacial score (nSPS) is 10.5. The molecule has 1 heterocycles. The quantitative estimate of drug-likeness (QED) is 0.575. The van der Waals surface area contributed by atoms with Gasteiger partial charge in [-0.25, -0.2) is 4.57 Å². The van der Waals surface area contributed by atoms with E-state index in [2.05, 4.69) is 41.3 Å². The van der Waals surface area contributed by atoms with E-state index in [4.69, 9.17) is 11.6 Å². The lowest BCUT2D eigenvalue weighted by Crippen LogP contribution is -3.00. The maximum Gasteiger partial charge on any atom is 0.259 e. The largest absolute Gasteiger partial charge is 1.00 e. The number of benzene rings is 2. The van der Waals surface area contributed by atoms with Crippen LogP contribution in [0, 0.1) is 6.92 Å². The first-order chi connectivity index (χ1) is 8.68. The van der Waals surface area contributed by atoms with Gasteiger partial charge in [-0.1, -0.05) is 29.8 Å². The van der Waals surface area contributed by atoms with E-state index < -0.39 is 0 Å². The zero-order valence-corrected chi connectivity index (χ0v) is 12.3. The molecule has 0 aliphatic heterocycles. The van der Waals surface area contributed by atoms with Gasteiger partial charge in [0.15, 0.2) is 11.0 Å². The highest BCUT2D eigenvalue weighted by molar-refractivity contribution is 6.31. The van der Waals surface area contributed by atoms with Crippen LogP contribution in [0.25, 0.3) is 16.7 Å². The SMILES string of the molecule is Cc1n(-c2ccccc2)c2cc(Cl)ccc2[n+]1C.[Cl-]. The van der Waals surface area contributed by atoms with Gasteiger partial charge in [-0.3, -0.25) is 0 Å². The molecule has 0 unspecified atom stereocenters. The van der Waals surface area contributed by atoms with Gasteiger partial charge >= 0.3 is 0 Å². The molecular weight excluding hydrogens is 279 g/mol. The van der Waals surface area contributed by atoms with Crippen LogP contribution in [0.4, 0.5) is 0 Å². The van der Waals surface area contributed by atoms with E-state index >= 15 is 0 Å². The molecule has 0 amide bonds. The highest BCUT2D eigenvalue weighted by Crippen LogP contribution is 2.22. The minimum absolute atomic E-state index is 0. The third-order valence-electron chi connectivity index (χ3n) is 3.36. The number of hydrogen-bond acceptors (Lipinski definition) is 0. The molecule has 0 spiro atoms. The average molecular weight is 293 g/mol. The van der Waals surface area contributed by atoms with Gasteiger partial charge in [0.25, 0.3) is 5.82 Å². The zero-order valence-electron chi connectivity index (χ0n) is 10.8. The predicted molar refractivity (Wildman–Crippen MR) is 74.2 cm³/mol. The van der Waals surface area contributed by atoms with Crippen molar-refractivity contribution in [2.75, 3.05) is 0 Å². The van der Waals surface area contributed by atoms with E-state index in [9.17, 15) is 0 Å². The van der Waals surface area contributed by atoms with Crippen LogP contribution in [0.5, 0.6) is 0 Å². The van der Waals surface area contributed by atoms with Crippen molar-refractivity contribution in [2.24, 2.45) is 7.05 Å². The van der Waals surface area contributed by atoms with Gasteiger partial charge in [-0.15, -0.1) is 0 Å². The lowest BCUT2D eigenvalue weighted by Gasteiger charge is -1.99. The molecule has 2 nitrogen and oxygen atoms in total. The third kappa shape index (κ3) is 2.22. The van der Waals surface area contributed by atoms with Crippen molar-refractivity contribution < 1.29 is 17.0 Å². The number of nitrogens with zero attached hydrogens (tertiary/aromatic N) is 2. The number of aromatic nitrogens is 2. The first-order valence-corrected chi connectivity index (χ1v) is 6.28. The monoisotopic (exact) mass is 292 g/mol. The molecule has 19 heavy (non-hydrogen) atoms. The van der Waals surface area contributed by atoms with Gasteiger partial charge in [-0.05, 0) is 24.3 Å². The fourth-order valence-corrected chi connectivity index (χ4v) is 2.53. The summed E-state index contributed by atoms with van der Waals surface area (Å²) in [5.41, 5.74) is 3.47. The summed E-state index contributed by atoms with van der Waals surface area (Å²) >= 11 is 6.12. The van der Waals surface area contributed by atoms with Gasteiger partial charge < -0.3 is 12.4 Å². The Kier molecular flexibility index (Phi) is 3.83. The molecule has 0 radical (unpaired) electrons. The summed E-state index contributed by atoms with van der Waals surface area (Å²) < 4.78 is 4.40. The minimum atomic E-state index is 0. The van der Waals surface area contributed by atoms with Gasteiger partial charge in [0.2, 0.25) is 0 Å². The Labute approximate surface area is 123 Å². The number of fused-ring (bicyclic) bond motifs is 1. The van der Waals surface area contributed by atoms with Crippen molar-refractivity contribution in [2.45, 2.75) is 6.92 Å². The van der Waals surface area contributed by atoms with Crippen LogP contribution >= 0.6 is 11.6 Å².